The van der Waals surface area contributed by atoms with Crippen molar-refractivity contribution in [2.45, 2.75) is 25.7 Å². The summed E-state index contributed by atoms with van der Waals surface area (Å²) in [4.78, 5) is 35.1. The SMILES string of the molecule is O=C(O)CCNC(=O)[C@@H](Cc1ccccc1)C[C@H](Cc1ccccc1)C(=O)O.[Na].[Na]. The maximum absolute atomic E-state index is 12.6. The van der Waals surface area contributed by atoms with Gasteiger partial charge in [0, 0.05) is 71.6 Å². The Balaban J connectivity index is 0.00000420. The molecule has 0 bridgehead atoms. The van der Waals surface area contributed by atoms with Crippen LogP contribution in [0.3, 0.4) is 0 Å². The zero-order valence-corrected chi connectivity index (χ0v) is 21.6. The van der Waals surface area contributed by atoms with Crippen LogP contribution in [0.1, 0.15) is 24.0 Å². The van der Waals surface area contributed by atoms with Crippen LogP contribution in [0.2, 0.25) is 0 Å². The fraction of sp³-hybridized carbons (Fsp3) is 0.318. The smallest absolute Gasteiger partial charge is 0.306 e. The summed E-state index contributed by atoms with van der Waals surface area (Å²) in [7, 11) is 0. The number of carboxylic acid groups (broad SMARTS) is 2. The van der Waals surface area contributed by atoms with Gasteiger partial charge in [0.1, 0.15) is 0 Å². The van der Waals surface area contributed by atoms with Crippen molar-refractivity contribution in [3.8, 4) is 0 Å². The van der Waals surface area contributed by atoms with Gasteiger partial charge in [0.05, 0.1) is 12.3 Å². The van der Waals surface area contributed by atoms with Crippen molar-refractivity contribution in [3.05, 3.63) is 71.8 Å². The Kier molecular flexibility index (Phi) is 15.0. The summed E-state index contributed by atoms with van der Waals surface area (Å²) in [6, 6.07) is 18.7. The Morgan fingerprint density at radius 3 is 1.67 bits per heavy atom. The third-order valence-corrected chi connectivity index (χ3v) is 4.58. The molecule has 0 heterocycles. The second-order valence-corrected chi connectivity index (χ2v) is 6.78. The Labute approximate surface area is 221 Å². The number of benzene rings is 2. The summed E-state index contributed by atoms with van der Waals surface area (Å²) in [5, 5.41) is 21.1. The van der Waals surface area contributed by atoms with Crippen LogP contribution in [0, 0.1) is 11.8 Å². The molecule has 30 heavy (non-hydrogen) atoms. The molecule has 0 aliphatic heterocycles. The third-order valence-electron chi connectivity index (χ3n) is 4.58. The molecule has 8 heteroatoms. The average molecular weight is 429 g/mol. The van der Waals surface area contributed by atoms with Crippen LogP contribution in [-0.4, -0.2) is 93.7 Å². The van der Waals surface area contributed by atoms with Crippen LogP contribution < -0.4 is 5.32 Å². The summed E-state index contributed by atoms with van der Waals surface area (Å²) in [6.45, 7) is 0.0237. The van der Waals surface area contributed by atoms with E-state index in [9.17, 15) is 19.5 Å². The fourth-order valence-electron chi connectivity index (χ4n) is 3.13. The summed E-state index contributed by atoms with van der Waals surface area (Å²) >= 11 is 0. The van der Waals surface area contributed by atoms with Crippen molar-refractivity contribution in [1.82, 2.24) is 5.32 Å². The number of hydrogen-bond donors (Lipinski definition) is 3. The quantitative estimate of drug-likeness (QED) is 0.474. The molecule has 6 nitrogen and oxygen atoms in total. The molecular formula is C22H25NNa2O5. The fourth-order valence-corrected chi connectivity index (χ4v) is 3.13. The largest absolute Gasteiger partial charge is 0.481 e. The van der Waals surface area contributed by atoms with E-state index in [0.29, 0.717) is 12.8 Å². The number of amides is 1. The minimum atomic E-state index is -0.993. The van der Waals surface area contributed by atoms with E-state index in [-0.39, 0.29) is 84.4 Å². The van der Waals surface area contributed by atoms with Gasteiger partial charge < -0.3 is 15.5 Å². The molecule has 2 rings (SSSR count). The molecule has 1 amide bonds. The zero-order chi connectivity index (χ0) is 20.4. The predicted octanol–water partition coefficient (Wildman–Crippen LogP) is 2.01. The van der Waals surface area contributed by atoms with Crippen molar-refractivity contribution >= 4 is 77.0 Å². The molecular weight excluding hydrogens is 404 g/mol. The predicted molar refractivity (Wildman–Crippen MR) is 116 cm³/mol. The molecule has 0 unspecified atom stereocenters. The molecule has 150 valence electrons. The first kappa shape index (κ1) is 28.9. The maximum Gasteiger partial charge on any atom is 0.306 e. The van der Waals surface area contributed by atoms with E-state index in [1.165, 1.54) is 0 Å². The number of carbonyl (C=O) groups is 3. The van der Waals surface area contributed by atoms with Crippen LogP contribution in [0.15, 0.2) is 60.7 Å². The monoisotopic (exact) mass is 429 g/mol. The van der Waals surface area contributed by atoms with Gasteiger partial charge in [0.15, 0.2) is 0 Å². The topological polar surface area (TPSA) is 104 Å². The van der Waals surface area contributed by atoms with Crippen molar-refractivity contribution in [2.24, 2.45) is 11.8 Å². The average Bonchev–Trinajstić information content (AvgIpc) is 2.68. The van der Waals surface area contributed by atoms with E-state index < -0.39 is 23.8 Å². The summed E-state index contributed by atoms with van der Waals surface area (Å²) in [5.41, 5.74) is 1.84. The molecule has 2 aromatic rings. The molecule has 0 spiro atoms. The maximum atomic E-state index is 12.6. The van der Waals surface area contributed by atoms with E-state index in [4.69, 9.17) is 5.11 Å². The number of hydrogen-bond acceptors (Lipinski definition) is 3. The van der Waals surface area contributed by atoms with Crippen molar-refractivity contribution in [2.75, 3.05) is 6.54 Å². The normalized spacial score (nSPS) is 11.9. The van der Waals surface area contributed by atoms with Crippen molar-refractivity contribution in [3.63, 3.8) is 0 Å². The summed E-state index contributed by atoms with van der Waals surface area (Å²) in [6.07, 6.45) is 0.746. The first-order valence-electron chi connectivity index (χ1n) is 9.26. The molecule has 3 N–H and O–H groups in total. The Morgan fingerprint density at radius 1 is 0.767 bits per heavy atom. The summed E-state index contributed by atoms with van der Waals surface area (Å²) < 4.78 is 0. The standard InChI is InChI=1S/C22H25NO5.2Na/c24-20(25)11-12-23-21(26)18(13-16-7-3-1-4-8-16)15-19(22(27)28)14-17-9-5-2-6-10-17;;/h1-10,18-19H,11-15H2,(H,23,26)(H,24,25)(H,27,28);;/t18-,19-;;/m0../s1. The van der Waals surface area contributed by atoms with Gasteiger partial charge in [-0.1, -0.05) is 60.7 Å². The van der Waals surface area contributed by atoms with Gasteiger partial charge in [0.2, 0.25) is 5.91 Å². The van der Waals surface area contributed by atoms with Crippen LogP contribution in [-0.2, 0) is 27.2 Å². The first-order chi connectivity index (χ1) is 13.5. The van der Waals surface area contributed by atoms with Crippen LogP contribution in [0.25, 0.3) is 0 Å². The molecule has 0 aliphatic carbocycles. The molecule has 2 atom stereocenters. The van der Waals surface area contributed by atoms with Gasteiger partial charge in [-0.15, -0.1) is 0 Å². The van der Waals surface area contributed by atoms with Gasteiger partial charge in [-0.2, -0.15) is 0 Å². The molecule has 0 aromatic heterocycles. The van der Waals surface area contributed by atoms with Gasteiger partial charge >= 0.3 is 11.9 Å². The number of nitrogens with one attached hydrogen (secondary N) is 1. The van der Waals surface area contributed by atoms with E-state index in [2.05, 4.69) is 5.32 Å². The van der Waals surface area contributed by atoms with Crippen LogP contribution >= 0.6 is 0 Å². The Hall–Kier alpha value is -1.15. The number of carboxylic acids is 2. The Morgan fingerprint density at radius 2 is 1.23 bits per heavy atom. The minimum absolute atomic E-state index is 0. The molecule has 2 aromatic carbocycles. The Bertz CT molecular complexity index is 787. The summed E-state index contributed by atoms with van der Waals surface area (Å²) in [5.74, 6) is -3.51. The number of aliphatic carboxylic acids is 2. The van der Waals surface area contributed by atoms with Gasteiger partial charge in [-0.25, -0.2) is 0 Å². The molecule has 0 aliphatic rings. The second-order valence-electron chi connectivity index (χ2n) is 6.78. The van der Waals surface area contributed by atoms with E-state index in [1.54, 1.807) is 0 Å². The van der Waals surface area contributed by atoms with Gasteiger partial charge in [-0.05, 0) is 30.4 Å². The van der Waals surface area contributed by atoms with Crippen molar-refractivity contribution < 1.29 is 24.6 Å². The minimum Gasteiger partial charge on any atom is -0.481 e. The molecule has 0 saturated heterocycles. The van der Waals surface area contributed by atoms with Crippen LogP contribution in [0.5, 0.6) is 0 Å². The van der Waals surface area contributed by atoms with Crippen LogP contribution in [0.4, 0.5) is 0 Å². The van der Waals surface area contributed by atoms with E-state index in [1.807, 2.05) is 60.7 Å². The second kappa shape index (κ2) is 15.6. The molecule has 0 fully saturated rings. The molecule has 2 radical (unpaired) electrons. The zero-order valence-electron chi connectivity index (χ0n) is 17.6. The molecule has 0 saturated carbocycles. The third kappa shape index (κ3) is 10.8. The van der Waals surface area contributed by atoms with Crippen molar-refractivity contribution in [1.29, 1.82) is 0 Å². The number of carbonyl (C=O) groups excluding carboxylic acids is 1. The first-order valence-corrected chi connectivity index (χ1v) is 9.26. The van der Waals surface area contributed by atoms with E-state index in [0.717, 1.165) is 11.1 Å². The number of rotatable bonds is 11. The van der Waals surface area contributed by atoms with Gasteiger partial charge in [-0.3, -0.25) is 14.4 Å². The van der Waals surface area contributed by atoms with E-state index >= 15 is 0 Å². The van der Waals surface area contributed by atoms with Gasteiger partial charge in [0.25, 0.3) is 0 Å².